The second kappa shape index (κ2) is 9.73. The van der Waals surface area contributed by atoms with Crippen LogP contribution >= 0.6 is 0 Å². The van der Waals surface area contributed by atoms with Gasteiger partial charge in [0.25, 0.3) is 0 Å². The minimum absolute atomic E-state index is 0.209. The molecule has 148 valence electrons. The number of ether oxygens (including phenoxy) is 1. The summed E-state index contributed by atoms with van der Waals surface area (Å²) >= 11 is 0. The van der Waals surface area contributed by atoms with Crippen molar-refractivity contribution in [3.05, 3.63) is 53.7 Å². The first-order chi connectivity index (χ1) is 13.7. The number of aliphatic imine (C=N–C) groups is 1. The van der Waals surface area contributed by atoms with Crippen LogP contribution in [0.4, 0.5) is 5.69 Å². The van der Waals surface area contributed by atoms with Gasteiger partial charge in [-0.05, 0) is 42.7 Å². The number of nitrogens with zero attached hydrogens (tertiary/aromatic N) is 3. The topological polar surface area (TPSA) is 78.9 Å². The van der Waals surface area contributed by atoms with Crippen LogP contribution in [-0.2, 0) is 17.9 Å². The Hall–Kier alpha value is -3.09. The molecule has 1 aliphatic heterocycles. The van der Waals surface area contributed by atoms with Crippen molar-refractivity contribution in [1.29, 1.82) is 0 Å². The average Bonchev–Trinajstić information content (AvgIpc) is 3.16. The maximum Gasteiger partial charge on any atom is 0.227 e. The number of guanidine groups is 1. The normalized spacial score (nSPS) is 14.3. The van der Waals surface area contributed by atoms with Gasteiger partial charge in [0.05, 0.1) is 13.7 Å². The van der Waals surface area contributed by atoms with E-state index < -0.39 is 0 Å². The van der Waals surface area contributed by atoms with Crippen LogP contribution in [0, 0.1) is 0 Å². The molecule has 7 nitrogen and oxygen atoms in total. The van der Waals surface area contributed by atoms with Crippen LogP contribution in [0.1, 0.15) is 30.9 Å². The van der Waals surface area contributed by atoms with Crippen molar-refractivity contribution in [2.75, 3.05) is 25.1 Å². The Morgan fingerprint density at radius 1 is 1.21 bits per heavy atom. The lowest BCUT2D eigenvalue weighted by molar-refractivity contribution is -0.117. The summed E-state index contributed by atoms with van der Waals surface area (Å²) in [5.41, 5.74) is 3.13. The standard InChI is InChI=1S/C21H27N5O2/c1-3-22-21(25-15-17-10-11-23-19(13-17)28-2)24-14-16-6-8-18(9-7-16)26-12-4-5-20(26)27/h6-11,13H,3-5,12,14-15H2,1-2H3,(H2,22,24,25). The highest BCUT2D eigenvalue weighted by Gasteiger charge is 2.21. The minimum Gasteiger partial charge on any atom is -0.481 e. The zero-order valence-electron chi connectivity index (χ0n) is 16.4. The fraction of sp³-hybridized carbons (Fsp3) is 0.381. The number of pyridine rings is 1. The van der Waals surface area contributed by atoms with Crippen LogP contribution in [0.3, 0.4) is 0 Å². The molecule has 2 heterocycles. The first kappa shape index (κ1) is 19.7. The summed E-state index contributed by atoms with van der Waals surface area (Å²) in [6.45, 7) is 4.81. The molecule has 1 aromatic heterocycles. The smallest absolute Gasteiger partial charge is 0.227 e. The molecule has 0 radical (unpaired) electrons. The number of anilines is 1. The van der Waals surface area contributed by atoms with E-state index in [4.69, 9.17) is 4.74 Å². The highest BCUT2D eigenvalue weighted by Crippen LogP contribution is 2.21. The van der Waals surface area contributed by atoms with Crippen molar-refractivity contribution in [3.63, 3.8) is 0 Å². The number of hydrogen-bond acceptors (Lipinski definition) is 4. The summed E-state index contributed by atoms with van der Waals surface area (Å²) in [6, 6.07) is 11.9. The molecule has 0 spiro atoms. The summed E-state index contributed by atoms with van der Waals surface area (Å²) in [5, 5.41) is 6.60. The number of nitrogens with one attached hydrogen (secondary N) is 2. The first-order valence-electron chi connectivity index (χ1n) is 9.60. The molecule has 0 bridgehead atoms. The zero-order valence-corrected chi connectivity index (χ0v) is 16.4. The number of aromatic nitrogens is 1. The van der Waals surface area contributed by atoms with Gasteiger partial charge in [0, 0.05) is 44.0 Å². The van der Waals surface area contributed by atoms with Gasteiger partial charge in [0.2, 0.25) is 11.8 Å². The Labute approximate surface area is 165 Å². The maximum absolute atomic E-state index is 11.9. The number of carbonyl (C=O) groups is 1. The van der Waals surface area contributed by atoms with Crippen LogP contribution in [0.2, 0.25) is 0 Å². The molecule has 1 saturated heterocycles. The summed E-state index contributed by atoms with van der Waals surface area (Å²) < 4.78 is 5.15. The predicted molar refractivity (Wildman–Crippen MR) is 110 cm³/mol. The third-order valence-corrected chi connectivity index (χ3v) is 4.55. The molecule has 1 aliphatic rings. The number of carbonyl (C=O) groups excluding carboxylic acids is 1. The van der Waals surface area contributed by atoms with E-state index >= 15 is 0 Å². The number of amides is 1. The molecule has 1 aromatic carbocycles. The Morgan fingerprint density at radius 2 is 2.04 bits per heavy atom. The van der Waals surface area contributed by atoms with E-state index in [-0.39, 0.29) is 5.91 Å². The van der Waals surface area contributed by atoms with Crippen LogP contribution in [-0.4, -0.2) is 37.1 Å². The van der Waals surface area contributed by atoms with E-state index in [0.29, 0.717) is 25.4 Å². The lowest BCUT2D eigenvalue weighted by Gasteiger charge is -2.16. The highest BCUT2D eigenvalue weighted by atomic mass is 16.5. The third-order valence-electron chi connectivity index (χ3n) is 4.55. The van der Waals surface area contributed by atoms with Gasteiger partial charge in [-0.2, -0.15) is 0 Å². The van der Waals surface area contributed by atoms with Gasteiger partial charge in [0.15, 0.2) is 5.96 Å². The summed E-state index contributed by atoms with van der Waals surface area (Å²) in [5.74, 6) is 1.54. The SMILES string of the molecule is CCNC(=NCc1ccnc(OC)c1)NCc1ccc(N2CCCC2=O)cc1. The van der Waals surface area contributed by atoms with E-state index in [9.17, 15) is 4.79 Å². The molecule has 0 unspecified atom stereocenters. The van der Waals surface area contributed by atoms with Crippen molar-refractivity contribution in [2.45, 2.75) is 32.9 Å². The van der Waals surface area contributed by atoms with Crippen molar-refractivity contribution in [2.24, 2.45) is 4.99 Å². The second-order valence-corrected chi connectivity index (χ2v) is 6.57. The Balaban J connectivity index is 1.58. The van der Waals surface area contributed by atoms with Crippen molar-refractivity contribution >= 4 is 17.6 Å². The molecule has 7 heteroatoms. The fourth-order valence-electron chi connectivity index (χ4n) is 3.07. The molecule has 0 aliphatic carbocycles. The lowest BCUT2D eigenvalue weighted by atomic mass is 10.2. The van der Waals surface area contributed by atoms with Crippen LogP contribution < -0.4 is 20.3 Å². The van der Waals surface area contributed by atoms with Gasteiger partial charge in [-0.15, -0.1) is 0 Å². The third kappa shape index (κ3) is 5.22. The van der Waals surface area contributed by atoms with E-state index in [1.54, 1.807) is 13.3 Å². The molecule has 0 atom stereocenters. The molecular formula is C21H27N5O2. The van der Waals surface area contributed by atoms with Crippen LogP contribution in [0.5, 0.6) is 5.88 Å². The molecule has 2 aromatic rings. The van der Waals surface area contributed by atoms with E-state index in [2.05, 4.69) is 20.6 Å². The maximum atomic E-state index is 11.9. The summed E-state index contributed by atoms with van der Waals surface area (Å²) in [4.78, 5) is 22.4. The van der Waals surface area contributed by atoms with Gasteiger partial charge in [0.1, 0.15) is 0 Å². The van der Waals surface area contributed by atoms with Gasteiger partial charge in [-0.3, -0.25) is 4.79 Å². The number of benzene rings is 1. The number of methoxy groups -OCH3 is 1. The summed E-state index contributed by atoms with van der Waals surface area (Å²) in [7, 11) is 1.60. The molecule has 1 amide bonds. The Kier molecular flexibility index (Phi) is 6.84. The lowest BCUT2D eigenvalue weighted by Crippen LogP contribution is -2.36. The molecular weight excluding hydrogens is 354 g/mol. The molecule has 0 saturated carbocycles. The van der Waals surface area contributed by atoms with Crippen molar-refractivity contribution < 1.29 is 9.53 Å². The molecule has 1 fully saturated rings. The first-order valence-corrected chi connectivity index (χ1v) is 9.60. The molecule has 2 N–H and O–H groups in total. The van der Waals surface area contributed by atoms with Gasteiger partial charge in [-0.1, -0.05) is 12.1 Å². The van der Waals surface area contributed by atoms with Gasteiger partial charge < -0.3 is 20.3 Å². The minimum atomic E-state index is 0.209. The Morgan fingerprint density at radius 3 is 2.71 bits per heavy atom. The van der Waals surface area contributed by atoms with Crippen molar-refractivity contribution in [3.8, 4) is 5.88 Å². The fourth-order valence-corrected chi connectivity index (χ4v) is 3.07. The predicted octanol–water partition coefficient (Wildman–Crippen LogP) is 2.47. The van der Waals surface area contributed by atoms with Gasteiger partial charge in [-0.25, -0.2) is 9.98 Å². The largest absolute Gasteiger partial charge is 0.481 e. The Bertz CT molecular complexity index is 820. The van der Waals surface area contributed by atoms with Crippen LogP contribution in [0.25, 0.3) is 0 Å². The van der Waals surface area contributed by atoms with Crippen LogP contribution in [0.15, 0.2) is 47.6 Å². The average molecular weight is 381 g/mol. The second-order valence-electron chi connectivity index (χ2n) is 6.57. The zero-order chi connectivity index (χ0) is 19.8. The number of hydrogen-bond donors (Lipinski definition) is 2. The van der Waals surface area contributed by atoms with Crippen molar-refractivity contribution in [1.82, 2.24) is 15.6 Å². The van der Waals surface area contributed by atoms with Gasteiger partial charge >= 0.3 is 0 Å². The van der Waals surface area contributed by atoms with E-state index in [0.717, 1.165) is 42.3 Å². The molecule has 28 heavy (non-hydrogen) atoms. The highest BCUT2D eigenvalue weighted by molar-refractivity contribution is 5.95. The van der Waals surface area contributed by atoms with E-state index in [1.165, 1.54) is 0 Å². The number of rotatable bonds is 7. The van der Waals surface area contributed by atoms with E-state index in [1.807, 2.05) is 48.2 Å². The quantitative estimate of drug-likeness (QED) is 0.569. The summed E-state index contributed by atoms with van der Waals surface area (Å²) in [6.07, 6.45) is 3.31. The molecule has 3 rings (SSSR count). The monoisotopic (exact) mass is 381 g/mol.